The van der Waals surface area contributed by atoms with Gasteiger partial charge in [0.2, 0.25) is 5.82 Å². The lowest BCUT2D eigenvalue weighted by molar-refractivity contribution is 0.276. The molecule has 0 aliphatic rings. The minimum absolute atomic E-state index is 0.124. The topological polar surface area (TPSA) is 92.5 Å². The van der Waals surface area contributed by atoms with Gasteiger partial charge in [0.25, 0.3) is 0 Å². The number of aromatic nitrogens is 6. The molecule has 132 valence electrons. The Labute approximate surface area is 150 Å². The Kier molecular flexibility index (Phi) is 4.70. The molecule has 0 saturated heterocycles. The highest BCUT2D eigenvalue weighted by Crippen LogP contribution is 2.20. The van der Waals surface area contributed by atoms with Crippen LogP contribution in [-0.2, 0) is 19.4 Å². The van der Waals surface area contributed by atoms with Gasteiger partial charge in [-0.25, -0.2) is 19.6 Å². The molecular weight excluding hydrogens is 328 g/mol. The van der Waals surface area contributed by atoms with Crippen molar-refractivity contribution in [3.05, 3.63) is 60.3 Å². The zero-order valence-electron chi connectivity index (χ0n) is 14.3. The summed E-state index contributed by atoms with van der Waals surface area (Å²) in [5.74, 6) is 1.92. The molecule has 3 heterocycles. The van der Waals surface area contributed by atoms with Gasteiger partial charge in [-0.05, 0) is 30.5 Å². The quantitative estimate of drug-likeness (QED) is 0.535. The van der Waals surface area contributed by atoms with Crippen molar-refractivity contribution in [3.8, 4) is 11.6 Å². The molecule has 26 heavy (non-hydrogen) atoms. The Morgan fingerprint density at radius 1 is 1.00 bits per heavy atom. The lowest BCUT2D eigenvalue weighted by Gasteiger charge is -2.04. The van der Waals surface area contributed by atoms with Crippen molar-refractivity contribution in [2.24, 2.45) is 0 Å². The third-order valence-electron chi connectivity index (χ3n) is 4.34. The molecule has 0 unspecified atom stereocenters. The summed E-state index contributed by atoms with van der Waals surface area (Å²) in [5, 5.41) is 14.9. The Hall–Kier alpha value is -3.06. The maximum absolute atomic E-state index is 9.15. The van der Waals surface area contributed by atoms with E-state index in [0.717, 1.165) is 24.2 Å². The number of hydrogen-bond acceptors (Lipinski definition) is 5. The van der Waals surface area contributed by atoms with Crippen LogP contribution in [0.15, 0.2) is 48.9 Å². The third-order valence-corrected chi connectivity index (χ3v) is 4.34. The van der Waals surface area contributed by atoms with Crippen molar-refractivity contribution in [3.63, 3.8) is 0 Å². The molecule has 0 spiro atoms. The first-order chi connectivity index (χ1) is 12.8. The SMILES string of the molecule is OCCCn1nc(-c2ncccn2)nc1CCc1c[nH]c2ccccc12. The predicted octanol–water partition coefficient (Wildman–Crippen LogP) is 2.38. The zero-order valence-corrected chi connectivity index (χ0v) is 14.3. The third kappa shape index (κ3) is 3.34. The molecule has 0 aliphatic heterocycles. The number of H-pyrrole nitrogens is 1. The van der Waals surface area contributed by atoms with Crippen LogP contribution >= 0.6 is 0 Å². The number of para-hydroxylation sites is 1. The second-order valence-corrected chi connectivity index (χ2v) is 6.08. The van der Waals surface area contributed by atoms with E-state index in [1.165, 1.54) is 10.9 Å². The van der Waals surface area contributed by atoms with E-state index in [0.29, 0.717) is 24.6 Å². The number of rotatable bonds is 7. The number of aliphatic hydroxyl groups is 1. The fraction of sp³-hybridized carbons (Fsp3) is 0.263. The number of aromatic amines is 1. The first-order valence-corrected chi connectivity index (χ1v) is 8.72. The molecular formula is C19H20N6O. The fourth-order valence-corrected chi connectivity index (χ4v) is 3.05. The van der Waals surface area contributed by atoms with Crippen molar-refractivity contribution in [1.29, 1.82) is 0 Å². The van der Waals surface area contributed by atoms with Crippen molar-refractivity contribution < 1.29 is 5.11 Å². The molecule has 0 atom stereocenters. The summed E-state index contributed by atoms with van der Waals surface area (Å²) in [6, 6.07) is 10.0. The van der Waals surface area contributed by atoms with Gasteiger partial charge in [-0.2, -0.15) is 0 Å². The van der Waals surface area contributed by atoms with Gasteiger partial charge >= 0.3 is 0 Å². The first kappa shape index (κ1) is 16.4. The molecule has 0 amide bonds. The van der Waals surface area contributed by atoms with Gasteiger partial charge in [-0.15, -0.1) is 5.10 Å². The average Bonchev–Trinajstić information content (AvgIpc) is 3.29. The zero-order chi connectivity index (χ0) is 17.8. The van der Waals surface area contributed by atoms with E-state index in [9.17, 15) is 0 Å². The monoisotopic (exact) mass is 348 g/mol. The molecule has 0 radical (unpaired) electrons. The highest BCUT2D eigenvalue weighted by atomic mass is 16.3. The van der Waals surface area contributed by atoms with Crippen molar-refractivity contribution in [1.82, 2.24) is 29.7 Å². The van der Waals surface area contributed by atoms with E-state index in [1.807, 2.05) is 16.8 Å². The van der Waals surface area contributed by atoms with Crippen molar-refractivity contribution >= 4 is 10.9 Å². The van der Waals surface area contributed by atoms with Gasteiger partial charge in [0.05, 0.1) is 0 Å². The Morgan fingerprint density at radius 2 is 1.85 bits per heavy atom. The molecule has 0 aliphatic carbocycles. The second-order valence-electron chi connectivity index (χ2n) is 6.08. The van der Waals surface area contributed by atoms with E-state index in [-0.39, 0.29) is 6.61 Å². The van der Waals surface area contributed by atoms with Crippen LogP contribution in [0.1, 0.15) is 17.8 Å². The molecule has 3 aromatic heterocycles. The van der Waals surface area contributed by atoms with Crippen LogP contribution in [0, 0.1) is 0 Å². The fourth-order valence-electron chi connectivity index (χ4n) is 3.05. The highest BCUT2D eigenvalue weighted by Gasteiger charge is 2.14. The molecule has 4 rings (SSSR count). The molecule has 7 nitrogen and oxygen atoms in total. The molecule has 0 fully saturated rings. The van der Waals surface area contributed by atoms with E-state index in [4.69, 9.17) is 5.11 Å². The molecule has 0 saturated carbocycles. The van der Waals surface area contributed by atoms with Crippen LogP contribution in [0.4, 0.5) is 0 Å². The van der Waals surface area contributed by atoms with Crippen LogP contribution in [0.2, 0.25) is 0 Å². The van der Waals surface area contributed by atoms with E-state index < -0.39 is 0 Å². The summed E-state index contributed by atoms with van der Waals surface area (Å²) < 4.78 is 1.86. The van der Waals surface area contributed by atoms with Gasteiger partial charge in [0.1, 0.15) is 5.82 Å². The summed E-state index contributed by atoms with van der Waals surface area (Å²) in [6.07, 6.45) is 7.67. The summed E-state index contributed by atoms with van der Waals surface area (Å²) in [6.45, 7) is 0.748. The van der Waals surface area contributed by atoms with Gasteiger partial charge in [-0.3, -0.25) is 0 Å². The van der Waals surface area contributed by atoms with Crippen LogP contribution in [-0.4, -0.2) is 41.4 Å². The number of hydrogen-bond donors (Lipinski definition) is 2. The molecule has 1 aromatic carbocycles. The van der Waals surface area contributed by atoms with Crippen LogP contribution in [0.3, 0.4) is 0 Å². The predicted molar refractivity (Wildman–Crippen MR) is 98.5 cm³/mol. The Balaban J connectivity index is 1.59. The molecule has 4 aromatic rings. The number of nitrogens with zero attached hydrogens (tertiary/aromatic N) is 5. The summed E-state index contributed by atoms with van der Waals surface area (Å²) in [4.78, 5) is 16.4. The lowest BCUT2D eigenvalue weighted by Crippen LogP contribution is -2.08. The normalized spacial score (nSPS) is 11.3. The number of benzene rings is 1. The van der Waals surface area contributed by atoms with Crippen molar-refractivity contribution in [2.45, 2.75) is 25.8 Å². The minimum Gasteiger partial charge on any atom is -0.396 e. The number of aryl methyl sites for hydroxylation is 3. The standard InChI is InChI=1S/C19H20N6O/c26-12-4-11-25-17(23-19(24-25)18-20-9-3-10-21-18)8-7-14-13-22-16-6-2-1-5-15(14)16/h1-3,5-6,9-10,13,22,26H,4,7-8,11-12H2. The summed E-state index contributed by atoms with van der Waals surface area (Å²) >= 11 is 0. The average molecular weight is 348 g/mol. The van der Waals surface area contributed by atoms with E-state index in [2.05, 4.69) is 43.4 Å². The largest absolute Gasteiger partial charge is 0.396 e. The molecule has 7 heteroatoms. The second kappa shape index (κ2) is 7.45. The van der Waals surface area contributed by atoms with Gasteiger partial charge < -0.3 is 10.1 Å². The van der Waals surface area contributed by atoms with Crippen molar-refractivity contribution in [2.75, 3.05) is 6.61 Å². The summed E-state index contributed by atoms with van der Waals surface area (Å²) in [5.41, 5.74) is 2.40. The minimum atomic E-state index is 0.124. The number of nitrogens with one attached hydrogen (secondary N) is 1. The van der Waals surface area contributed by atoms with Crippen LogP contribution < -0.4 is 0 Å². The summed E-state index contributed by atoms with van der Waals surface area (Å²) in [7, 11) is 0. The maximum Gasteiger partial charge on any atom is 0.219 e. The van der Waals surface area contributed by atoms with Gasteiger partial charge in [-0.1, -0.05) is 18.2 Å². The Bertz CT molecular complexity index is 992. The smallest absolute Gasteiger partial charge is 0.219 e. The maximum atomic E-state index is 9.15. The van der Waals surface area contributed by atoms with E-state index in [1.54, 1.807) is 18.5 Å². The highest BCUT2D eigenvalue weighted by molar-refractivity contribution is 5.83. The van der Waals surface area contributed by atoms with Crippen LogP contribution in [0.5, 0.6) is 0 Å². The molecule has 2 N–H and O–H groups in total. The number of aliphatic hydroxyl groups excluding tert-OH is 1. The van der Waals surface area contributed by atoms with Gasteiger partial charge in [0, 0.05) is 49.1 Å². The molecule has 0 bridgehead atoms. The number of fused-ring (bicyclic) bond motifs is 1. The van der Waals surface area contributed by atoms with E-state index >= 15 is 0 Å². The first-order valence-electron chi connectivity index (χ1n) is 8.72. The van der Waals surface area contributed by atoms with Gasteiger partial charge in [0.15, 0.2) is 5.82 Å². The lowest BCUT2D eigenvalue weighted by atomic mass is 10.1. The van der Waals surface area contributed by atoms with Crippen LogP contribution in [0.25, 0.3) is 22.6 Å². The Morgan fingerprint density at radius 3 is 2.69 bits per heavy atom.